The lowest BCUT2D eigenvalue weighted by Gasteiger charge is -2.40. The number of carbonyl (C=O) groups excluding carboxylic acids is 2. The molecular weight excluding hydrogens is 372 g/mol. The summed E-state index contributed by atoms with van der Waals surface area (Å²) in [7, 11) is 0. The van der Waals surface area contributed by atoms with Crippen molar-refractivity contribution < 1.29 is 9.59 Å². The van der Waals surface area contributed by atoms with E-state index in [4.69, 9.17) is 11.6 Å². The Balaban J connectivity index is 1.53. The highest BCUT2D eigenvalue weighted by Gasteiger charge is 2.38. The Bertz CT molecular complexity index is 727. The number of halogens is 1. The van der Waals surface area contributed by atoms with Crippen molar-refractivity contribution in [3.63, 3.8) is 0 Å². The van der Waals surface area contributed by atoms with Crippen molar-refractivity contribution >= 4 is 23.4 Å². The van der Waals surface area contributed by atoms with E-state index in [0.717, 1.165) is 43.8 Å². The Morgan fingerprint density at radius 3 is 2.39 bits per heavy atom. The second-order valence-electron chi connectivity index (χ2n) is 9.38. The summed E-state index contributed by atoms with van der Waals surface area (Å²) in [6.45, 7) is 10.1. The summed E-state index contributed by atoms with van der Waals surface area (Å²) in [5.41, 5.74) is 2.56. The first-order valence-electron chi connectivity index (χ1n) is 10.6. The van der Waals surface area contributed by atoms with Crippen molar-refractivity contribution in [1.29, 1.82) is 0 Å². The molecule has 1 N–H and O–H groups in total. The minimum absolute atomic E-state index is 0.0255. The summed E-state index contributed by atoms with van der Waals surface area (Å²) in [5, 5.41) is 3.82. The zero-order chi connectivity index (χ0) is 20.5. The molecule has 1 aliphatic carbocycles. The number of carbonyl (C=O) groups is 2. The van der Waals surface area contributed by atoms with Crippen LogP contribution in [-0.2, 0) is 15.0 Å². The molecule has 1 saturated carbocycles. The fourth-order valence-corrected chi connectivity index (χ4v) is 4.73. The smallest absolute Gasteiger partial charge is 0.225 e. The first-order chi connectivity index (χ1) is 13.2. The van der Waals surface area contributed by atoms with Gasteiger partial charge in [-0.25, -0.2) is 0 Å². The van der Waals surface area contributed by atoms with Crippen LogP contribution in [0.15, 0.2) is 18.2 Å². The minimum Gasteiger partial charge on any atom is -0.353 e. The van der Waals surface area contributed by atoms with Gasteiger partial charge >= 0.3 is 0 Å². The van der Waals surface area contributed by atoms with Gasteiger partial charge in [-0.2, -0.15) is 0 Å². The van der Waals surface area contributed by atoms with Crippen molar-refractivity contribution in [1.82, 2.24) is 10.2 Å². The zero-order valence-corrected chi connectivity index (χ0v) is 18.3. The van der Waals surface area contributed by atoms with Crippen LogP contribution in [0.2, 0.25) is 5.02 Å². The quantitative estimate of drug-likeness (QED) is 0.794. The summed E-state index contributed by atoms with van der Waals surface area (Å²) in [6, 6.07) is 6.61. The molecule has 1 aliphatic heterocycles. The molecule has 0 spiro atoms. The van der Waals surface area contributed by atoms with Crippen LogP contribution in [0.1, 0.15) is 76.8 Å². The number of nitrogens with zero attached hydrogens (tertiary/aromatic N) is 1. The molecule has 0 aromatic heterocycles. The Hall–Kier alpha value is -1.55. The largest absolute Gasteiger partial charge is 0.353 e. The molecule has 5 heteroatoms. The van der Waals surface area contributed by atoms with Gasteiger partial charge in [-0.05, 0) is 54.2 Å². The van der Waals surface area contributed by atoms with Crippen LogP contribution in [-0.4, -0.2) is 35.8 Å². The molecule has 0 bridgehead atoms. The summed E-state index contributed by atoms with van der Waals surface area (Å²) in [4.78, 5) is 26.2. The third-order valence-electron chi connectivity index (χ3n) is 6.25. The Morgan fingerprint density at radius 1 is 1.18 bits per heavy atom. The third kappa shape index (κ3) is 4.71. The van der Waals surface area contributed by atoms with E-state index in [-0.39, 0.29) is 29.2 Å². The second kappa shape index (κ2) is 8.44. The van der Waals surface area contributed by atoms with Crippen LogP contribution in [0.3, 0.4) is 0 Å². The van der Waals surface area contributed by atoms with Gasteiger partial charge in [-0.1, -0.05) is 51.4 Å². The van der Waals surface area contributed by atoms with Gasteiger partial charge in [0.1, 0.15) is 0 Å². The maximum atomic E-state index is 12.8. The highest BCUT2D eigenvalue weighted by molar-refractivity contribution is 6.31. The van der Waals surface area contributed by atoms with Gasteiger partial charge in [-0.15, -0.1) is 0 Å². The number of rotatable bonds is 4. The van der Waals surface area contributed by atoms with E-state index in [1.807, 2.05) is 17.9 Å². The van der Waals surface area contributed by atoms with Gasteiger partial charge < -0.3 is 10.2 Å². The topological polar surface area (TPSA) is 49.4 Å². The van der Waals surface area contributed by atoms with Crippen molar-refractivity contribution in [2.75, 3.05) is 13.1 Å². The van der Waals surface area contributed by atoms with Gasteiger partial charge in [0.25, 0.3) is 0 Å². The maximum Gasteiger partial charge on any atom is 0.225 e. The van der Waals surface area contributed by atoms with E-state index in [0.29, 0.717) is 12.3 Å². The normalized spacial score (nSPS) is 23.2. The van der Waals surface area contributed by atoms with Crippen molar-refractivity contribution in [3.05, 3.63) is 34.3 Å². The van der Waals surface area contributed by atoms with Crippen LogP contribution < -0.4 is 5.32 Å². The lowest BCUT2D eigenvalue weighted by atomic mass is 9.78. The standard InChI is InChI=1S/C23H33ClN2O2/c1-5-21(27)25-18-12-17(13-18)22(28)26-10-8-15(9-11-26)16-6-7-20(24)19(14-16)23(2,3)4/h6-7,14-15,17-18H,5,8-13H2,1-4H3,(H,25,27). The van der Waals surface area contributed by atoms with E-state index in [1.165, 1.54) is 11.1 Å². The van der Waals surface area contributed by atoms with E-state index < -0.39 is 0 Å². The minimum atomic E-state index is 0.0255. The molecule has 28 heavy (non-hydrogen) atoms. The first kappa shape index (κ1) is 21.2. The molecular formula is C23H33ClN2O2. The summed E-state index contributed by atoms with van der Waals surface area (Å²) >= 11 is 6.42. The molecule has 1 aromatic carbocycles. The molecule has 0 atom stereocenters. The van der Waals surface area contributed by atoms with Crippen LogP contribution in [0.25, 0.3) is 0 Å². The highest BCUT2D eigenvalue weighted by atomic mass is 35.5. The lowest BCUT2D eigenvalue weighted by molar-refractivity contribution is -0.141. The lowest BCUT2D eigenvalue weighted by Crippen LogP contribution is -2.51. The Morgan fingerprint density at radius 2 is 1.82 bits per heavy atom. The Kier molecular flexibility index (Phi) is 6.38. The van der Waals surface area contributed by atoms with Crippen molar-refractivity contribution in [2.45, 2.75) is 77.2 Å². The van der Waals surface area contributed by atoms with Gasteiger partial charge in [-0.3, -0.25) is 9.59 Å². The van der Waals surface area contributed by atoms with Gasteiger partial charge in [0, 0.05) is 36.5 Å². The molecule has 2 fully saturated rings. The van der Waals surface area contributed by atoms with E-state index >= 15 is 0 Å². The van der Waals surface area contributed by atoms with Crippen LogP contribution in [0.4, 0.5) is 0 Å². The number of nitrogens with one attached hydrogen (secondary N) is 1. The fraction of sp³-hybridized carbons (Fsp3) is 0.652. The van der Waals surface area contributed by atoms with E-state index in [9.17, 15) is 9.59 Å². The maximum absolute atomic E-state index is 12.8. The number of hydrogen-bond donors (Lipinski definition) is 1. The molecule has 1 saturated heterocycles. The number of amides is 2. The van der Waals surface area contributed by atoms with Crippen LogP contribution >= 0.6 is 11.6 Å². The van der Waals surface area contributed by atoms with Crippen molar-refractivity contribution in [2.24, 2.45) is 5.92 Å². The number of likely N-dealkylation sites (tertiary alicyclic amines) is 1. The monoisotopic (exact) mass is 404 g/mol. The summed E-state index contributed by atoms with van der Waals surface area (Å²) in [5.74, 6) is 0.920. The average Bonchev–Trinajstić information content (AvgIpc) is 2.63. The van der Waals surface area contributed by atoms with E-state index in [2.05, 4.69) is 38.2 Å². The number of benzene rings is 1. The predicted octanol–water partition coefficient (Wildman–Crippen LogP) is 4.65. The molecule has 2 aliphatic rings. The van der Waals surface area contributed by atoms with Gasteiger partial charge in [0.15, 0.2) is 0 Å². The first-order valence-corrected chi connectivity index (χ1v) is 10.9. The molecule has 2 amide bonds. The molecule has 0 unspecified atom stereocenters. The van der Waals surface area contributed by atoms with Crippen molar-refractivity contribution in [3.8, 4) is 0 Å². The van der Waals surface area contributed by atoms with Crippen LogP contribution in [0, 0.1) is 5.92 Å². The van der Waals surface area contributed by atoms with Gasteiger partial charge in [0.2, 0.25) is 11.8 Å². The molecule has 1 aromatic rings. The molecule has 1 heterocycles. The second-order valence-corrected chi connectivity index (χ2v) is 9.78. The SMILES string of the molecule is CCC(=O)NC1CC(C(=O)N2CCC(c3ccc(Cl)c(C(C)(C)C)c3)CC2)C1. The molecule has 3 rings (SSSR count). The van der Waals surface area contributed by atoms with Gasteiger partial charge in [0.05, 0.1) is 0 Å². The summed E-state index contributed by atoms with van der Waals surface area (Å²) in [6.07, 6.45) is 4.08. The summed E-state index contributed by atoms with van der Waals surface area (Å²) < 4.78 is 0. The van der Waals surface area contributed by atoms with E-state index in [1.54, 1.807) is 0 Å². The van der Waals surface area contributed by atoms with Crippen LogP contribution in [0.5, 0.6) is 0 Å². The predicted molar refractivity (Wildman–Crippen MR) is 114 cm³/mol. The number of hydrogen-bond acceptors (Lipinski definition) is 2. The number of piperidine rings is 1. The molecule has 4 nitrogen and oxygen atoms in total. The highest BCUT2D eigenvalue weighted by Crippen LogP contribution is 2.36. The Labute approximate surface area is 174 Å². The molecule has 0 radical (unpaired) electrons. The zero-order valence-electron chi connectivity index (χ0n) is 17.6. The third-order valence-corrected chi connectivity index (χ3v) is 6.58. The average molecular weight is 405 g/mol. The molecule has 154 valence electrons. The fourth-order valence-electron chi connectivity index (χ4n) is 4.33.